The Balaban J connectivity index is 3.66. The minimum absolute atomic E-state index is 0.256. The molecule has 0 rings (SSSR count). The number of hydrogen-bond acceptors (Lipinski definition) is 9. The molecule has 0 heterocycles. The lowest BCUT2D eigenvalue weighted by atomic mass is 10.1. The summed E-state index contributed by atoms with van der Waals surface area (Å²) in [6, 6.07) is 0. The van der Waals surface area contributed by atoms with Crippen molar-refractivity contribution < 1.29 is 43.4 Å². The van der Waals surface area contributed by atoms with Crippen LogP contribution in [0.15, 0.2) is 0 Å². The van der Waals surface area contributed by atoms with E-state index in [2.05, 4.69) is 16.0 Å². The molecule has 0 aliphatic heterocycles. The lowest BCUT2D eigenvalue weighted by molar-refractivity contribution is -0.229. The van der Waals surface area contributed by atoms with Gasteiger partial charge in [0.1, 0.15) is 18.8 Å². The van der Waals surface area contributed by atoms with Gasteiger partial charge in [-0.1, -0.05) is 58.3 Å². The summed E-state index contributed by atoms with van der Waals surface area (Å²) < 4.78 is 25.0. The van der Waals surface area contributed by atoms with Crippen molar-refractivity contribution in [2.24, 2.45) is 0 Å². The number of esters is 1. The Hall–Kier alpha value is -0.540. The fraction of sp³-hybridized carbons (Fsp3) is 0.944. The SMILES string of the molecule is CCCCCCCCCCCC(=O)OC[C@@H](O)COP(=O)([O-])OC[C@@H](O)CO. The van der Waals surface area contributed by atoms with Crippen LogP contribution >= 0.6 is 7.82 Å². The lowest BCUT2D eigenvalue weighted by Gasteiger charge is -2.24. The molecular weight excluding hydrogens is 391 g/mol. The predicted molar refractivity (Wildman–Crippen MR) is 101 cm³/mol. The quantitative estimate of drug-likeness (QED) is 0.159. The molecule has 3 atom stereocenters. The Morgan fingerprint density at radius 2 is 1.39 bits per heavy atom. The molecule has 0 radical (unpaired) electrons. The van der Waals surface area contributed by atoms with Gasteiger partial charge in [-0.15, -0.1) is 0 Å². The number of unbranched alkanes of at least 4 members (excludes halogenated alkanes) is 8. The summed E-state index contributed by atoms with van der Waals surface area (Å²) >= 11 is 0. The van der Waals surface area contributed by atoms with Crippen LogP contribution in [0.3, 0.4) is 0 Å². The van der Waals surface area contributed by atoms with E-state index in [1.165, 1.54) is 38.5 Å². The number of phosphoric ester groups is 1. The largest absolute Gasteiger partial charge is 0.756 e. The van der Waals surface area contributed by atoms with Crippen molar-refractivity contribution in [1.82, 2.24) is 0 Å². The molecule has 0 spiro atoms. The smallest absolute Gasteiger partial charge is 0.305 e. The average Bonchev–Trinajstić information content (AvgIpc) is 2.67. The lowest BCUT2D eigenvalue weighted by Crippen LogP contribution is -2.26. The highest BCUT2D eigenvalue weighted by Crippen LogP contribution is 2.38. The van der Waals surface area contributed by atoms with Crippen LogP contribution in [0.5, 0.6) is 0 Å². The summed E-state index contributed by atoms with van der Waals surface area (Å²) in [6.45, 7) is -0.135. The molecule has 28 heavy (non-hydrogen) atoms. The van der Waals surface area contributed by atoms with Crippen molar-refractivity contribution in [2.45, 2.75) is 83.3 Å². The first kappa shape index (κ1) is 27.5. The highest BCUT2D eigenvalue weighted by atomic mass is 31.2. The van der Waals surface area contributed by atoms with E-state index < -0.39 is 45.8 Å². The number of carbonyl (C=O) groups is 1. The van der Waals surface area contributed by atoms with E-state index in [4.69, 9.17) is 14.9 Å². The van der Waals surface area contributed by atoms with E-state index in [1.807, 2.05) is 0 Å². The first-order chi connectivity index (χ1) is 13.3. The summed E-state index contributed by atoms with van der Waals surface area (Å²) in [4.78, 5) is 23.0. The molecule has 10 heteroatoms. The number of hydrogen-bond donors (Lipinski definition) is 3. The Morgan fingerprint density at radius 3 is 1.93 bits per heavy atom. The maximum atomic E-state index is 11.6. The zero-order valence-corrected chi connectivity index (χ0v) is 17.7. The van der Waals surface area contributed by atoms with Crippen LogP contribution in [0.4, 0.5) is 0 Å². The molecule has 0 fully saturated rings. The molecule has 0 aromatic carbocycles. The second-order valence-corrected chi connectivity index (χ2v) is 8.20. The molecule has 0 aliphatic rings. The number of carbonyl (C=O) groups excluding carboxylic acids is 1. The van der Waals surface area contributed by atoms with Crippen molar-refractivity contribution in [2.75, 3.05) is 26.4 Å². The van der Waals surface area contributed by atoms with E-state index in [0.717, 1.165) is 19.3 Å². The third-order valence-corrected chi connectivity index (χ3v) is 4.91. The summed E-state index contributed by atoms with van der Waals surface area (Å²) in [6.07, 6.45) is 7.81. The fourth-order valence-corrected chi connectivity index (χ4v) is 3.12. The van der Waals surface area contributed by atoms with Crippen LogP contribution in [0, 0.1) is 0 Å². The summed E-state index contributed by atoms with van der Waals surface area (Å²) in [5.41, 5.74) is 0. The van der Waals surface area contributed by atoms with Gasteiger partial charge >= 0.3 is 5.97 Å². The zero-order valence-electron chi connectivity index (χ0n) is 16.8. The number of aliphatic hydroxyl groups excluding tert-OH is 3. The molecule has 0 aromatic heterocycles. The molecule has 0 bridgehead atoms. The highest BCUT2D eigenvalue weighted by Gasteiger charge is 2.16. The Labute approximate surface area is 167 Å². The van der Waals surface area contributed by atoms with Gasteiger partial charge in [0.25, 0.3) is 7.82 Å². The van der Waals surface area contributed by atoms with Gasteiger partial charge < -0.3 is 34.0 Å². The molecule has 0 saturated heterocycles. The Kier molecular flexibility index (Phi) is 17.0. The third-order valence-electron chi connectivity index (χ3n) is 3.98. The Morgan fingerprint density at radius 1 is 0.893 bits per heavy atom. The Bertz CT molecular complexity index is 433. The number of aliphatic hydroxyl groups is 3. The van der Waals surface area contributed by atoms with Gasteiger partial charge in [-0.05, 0) is 6.42 Å². The maximum absolute atomic E-state index is 11.6. The normalized spacial score (nSPS) is 15.8. The number of rotatable bonds is 19. The topological polar surface area (TPSA) is 146 Å². The molecule has 0 aromatic rings. The minimum atomic E-state index is -4.72. The first-order valence-electron chi connectivity index (χ1n) is 10.0. The predicted octanol–water partition coefficient (Wildman–Crippen LogP) is 1.67. The standard InChI is InChI=1S/C18H37O9P/c1-2-3-4-5-6-7-8-9-10-11-18(22)25-13-17(21)15-27-28(23,24)26-14-16(20)12-19/h16-17,19-21H,2-15H2,1H3,(H,23,24)/p-1/t16-,17+/m0/s1. The summed E-state index contributed by atoms with van der Waals surface area (Å²) in [5.74, 6) is -0.449. The van der Waals surface area contributed by atoms with Gasteiger partial charge in [0.05, 0.1) is 19.8 Å². The van der Waals surface area contributed by atoms with Crippen LogP contribution in [0.2, 0.25) is 0 Å². The van der Waals surface area contributed by atoms with Gasteiger partial charge in [-0.3, -0.25) is 9.36 Å². The van der Waals surface area contributed by atoms with Gasteiger partial charge in [0.15, 0.2) is 0 Å². The van der Waals surface area contributed by atoms with E-state index in [1.54, 1.807) is 0 Å². The van der Waals surface area contributed by atoms with E-state index in [9.17, 15) is 19.4 Å². The molecule has 9 nitrogen and oxygen atoms in total. The van der Waals surface area contributed by atoms with Crippen LogP contribution < -0.4 is 4.89 Å². The first-order valence-corrected chi connectivity index (χ1v) is 11.5. The van der Waals surface area contributed by atoms with Gasteiger partial charge in [-0.2, -0.15) is 0 Å². The molecule has 3 N–H and O–H groups in total. The monoisotopic (exact) mass is 427 g/mol. The minimum Gasteiger partial charge on any atom is -0.756 e. The second kappa shape index (κ2) is 17.3. The zero-order chi connectivity index (χ0) is 21.3. The second-order valence-electron chi connectivity index (χ2n) is 6.79. The van der Waals surface area contributed by atoms with Gasteiger partial charge in [-0.25, -0.2) is 0 Å². The van der Waals surface area contributed by atoms with Crippen LogP contribution in [-0.4, -0.2) is 59.9 Å². The van der Waals surface area contributed by atoms with E-state index in [-0.39, 0.29) is 13.0 Å². The van der Waals surface area contributed by atoms with Crippen molar-refractivity contribution in [3.63, 3.8) is 0 Å². The van der Waals surface area contributed by atoms with Gasteiger partial charge in [0, 0.05) is 6.42 Å². The molecule has 0 saturated carbocycles. The van der Waals surface area contributed by atoms with Crippen molar-refractivity contribution in [3.05, 3.63) is 0 Å². The molecule has 0 amide bonds. The van der Waals surface area contributed by atoms with Crippen LogP contribution in [0.1, 0.15) is 71.1 Å². The highest BCUT2D eigenvalue weighted by molar-refractivity contribution is 7.45. The van der Waals surface area contributed by atoms with Crippen LogP contribution in [0.25, 0.3) is 0 Å². The van der Waals surface area contributed by atoms with Crippen molar-refractivity contribution >= 4 is 13.8 Å². The molecule has 1 unspecified atom stereocenters. The molecule has 0 aliphatic carbocycles. The van der Waals surface area contributed by atoms with E-state index >= 15 is 0 Å². The summed E-state index contributed by atoms with van der Waals surface area (Å²) in [7, 11) is -4.72. The van der Waals surface area contributed by atoms with Gasteiger partial charge in [0.2, 0.25) is 0 Å². The molecule has 168 valence electrons. The van der Waals surface area contributed by atoms with E-state index in [0.29, 0.717) is 0 Å². The fourth-order valence-electron chi connectivity index (χ4n) is 2.33. The summed E-state index contributed by atoms with van der Waals surface area (Å²) in [5, 5.41) is 27.2. The average molecular weight is 427 g/mol. The number of ether oxygens (including phenoxy) is 1. The number of phosphoric acid groups is 1. The van der Waals surface area contributed by atoms with Crippen LogP contribution in [-0.2, 0) is 23.1 Å². The maximum Gasteiger partial charge on any atom is 0.305 e. The van der Waals surface area contributed by atoms with Crippen molar-refractivity contribution in [1.29, 1.82) is 0 Å². The molecular formula is C18H36O9P-. The van der Waals surface area contributed by atoms with Crippen molar-refractivity contribution in [3.8, 4) is 0 Å². The third kappa shape index (κ3) is 17.6.